The molecule has 0 aliphatic heterocycles. The van der Waals surface area contributed by atoms with Crippen molar-refractivity contribution < 1.29 is 8.95 Å². The zero-order chi connectivity index (χ0) is 14.5. The Morgan fingerprint density at radius 3 is 2.85 bits per heavy atom. The topological polar surface area (TPSA) is 51.2 Å². The van der Waals surface area contributed by atoms with Crippen LogP contribution < -0.4 is 4.72 Å². The molecule has 2 heterocycles. The van der Waals surface area contributed by atoms with Gasteiger partial charge in [0.1, 0.15) is 15.2 Å². The Hall–Kier alpha value is -1.08. The summed E-state index contributed by atoms with van der Waals surface area (Å²) >= 11 is 1.56. The summed E-state index contributed by atoms with van der Waals surface area (Å²) in [7, 11) is 0.439. The molecular formula is C14H18N2O2S2. The van der Waals surface area contributed by atoms with Crippen LogP contribution >= 0.6 is 11.3 Å². The summed E-state index contributed by atoms with van der Waals surface area (Å²) in [5.41, 5.74) is 3.32. The number of aromatic nitrogens is 1. The van der Waals surface area contributed by atoms with Gasteiger partial charge in [0.2, 0.25) is 0 Å². The van der Waals surface area contributed by atoms with Gasteiger partial charge in [-0.2, -0.15) is 0 Å². The van der Waals surface area contributed by atoms with Gasteiger partial charge in [-0.15, -0.1) is 11.3 Å². The molecule has 6 heteroatoms. The molecule has 2 rings (SSSR count). The van der Waals surface area contributed by atoms with Gasteiger partial charge in [0.25, 0.3) is 0 Å². The average Bonchev–Trinajstić information content (AvgIpc) is 2.77. The molecular weight excluding hydrogens is 292 g/mol. The molecule has 1 atom stereocenters. The van der Waals surface area contributed by atoms with Crippen LogP contribution in [0.3, 0.4) is 0 Å². The van der Waals surface area contributed by atoms with Crippen molar-refractivity contribution in [1.29, 1.82) is 0 Å². The van der Waals surface area contributed by atoms with Gasteiger partial charge in [-0.25, -0.2) is 8.93 Å². The molecule has 20 heavy (non-hydrogen) atoms. The van der Waals surface area contributed by atoms with E-state index in [4.69, 9.17) is 4.74 Å². The molecule has 0 radical (unpaired) electrons. The van der Waals surface area contributed by atoms with Gasteiger partial charge in [0.15, 0.2) is 0 Å². The zero-order valence-electron chi connectivity index (χ0n) is 11.8. The maximum absolute atomic E-state index is 12.3. The zero-order valence-corrected chi connectivity index (χ0v) is 13.4. The van der Waals surface area contributed by atoms with Gasteiger partial charge in [-0.1, -0.05) is 6.07 Å². The second kappa shape index (κ2) is 7.08. The summed E-state index contributed by atoms with van der Waals surface area (Å²) < 4.78 is 21.1. The summed E-state index contributed by atoms with van der Waals surface area (Å²) in [6, 6.07) is 3.94. The summed E-state index contributed by atoms with van der Waals surface area (Å²) in [4.78, 5) is 5.28. The molecule has 0 saturated heterocycles. The average molecular weight is 310 g/mol. The maximum Gasteiger partial charge on any atom is 0.135 e. The van der Waals surface area contributed by atoms with Gasteiger partial charge in [-0.3, -0.25) is 4.98 Å². The fourth-order valence-electron chi connectivity index (χ4n) is 1.82. The van der Waals surface area contributed by atoms with Crippen LogP contribution in [0.2, 0.25) is 0 Å². The van der Waals surface area contributed by atoms with Crippen LogP contribution in [0.1, 0.15) is 11.1 Å². The van der Waals surface area contributed by atoms with Crippen LogP contribution in [0.15, 0.2) is 28.7 Å². The van der Waals surface area contributed by atoms with E-state index in [0.29, 0.717) is 13.2 Å². The van der Waals surface area contributed by atoms with Crippen LogP contribution in [0.5, 0.6) is 0 Å². The quantitative estimate of drug-likeness (QED) is 0.835. The monoisotopic (exact) mass is 310 g/mol. The minimum atomic E-state index is -1.19. The van der Waals surface area contributed by atoms with Crippen molar-refractivity contribution in [2.75, 3.05) is 20.3 Å². The molecule has 0 aliphatic rings. The number of hydrogen-bond acceptors (Lipinski definition) is 4. The predicted molar refractivity (Wildman–Crippen MR) is 83.3 cm³/mol. The molecule has 108 valence electrons. The highest BCUT2D eigenvalue weighted by Crippen LogP contribution is 2.36. The van der Waals surface area contributed by atoms with E-state index in [1.807, 2.05) is 25.3 Å². The Morgan fingerprint density at radius 2 is 2.20 bits per heavy atom. The number of nitrogens with one attached hydrogen (secondary N) is 1. The molecule has 0 fully saturated rings. The molecule has 0 aliphatic carbocycles. The third-order valence-electron chi connectivity index (χ3n) is 3.04. The lowest BCUT2D eigenvalue weighted by atomic mass is 10.1. The summed E-state index contributed by atoms with van der Waals surface area (Å²) in [5, 5.41) is 0. The lowest BCUT2D eigenvalue weighted by molar-refractivity contribution is 0.205. The van der Waals surface area contributed by atoms with Crippen molar-refractivity contribution in [3.8, 4) is 10.4 Å². The van der Waals surface area contributed by atoms with Gasteiger partial charge >= 0.3 is 0 Å². The molecule has 2 aromatic rings. The SMILES string of the molecule is COCCNS(=O)c1sc(-c2cccnc2)c(C)c1C. The molecule has 0 aromatic carbocycles. The van der Waals surface area contributed by atoms with Crippen LogP contribution in [0.4, 0.5) is 0 Å². The smallest absolute Gasteiger partial charge is 0.135 e. The van der Waals surface area contributed by atoms with E-state index in [-0.39, 0.29) is 0 Å². The lowest BCUT2D eigenvalue weighted by Gasteiger charge is -2.02. The third-order valence-corrected chi connectivity index (χ3v) is 6.09. The first-order chi connectivity index (χ1) is 9.65. The van der Waals surface area contributed by atoms with E-state index in [1.165, 1.54) is 5.56 Å². The highest BCUT2D eigenvalue weighted by atomic mass is 32.2. The Labute approximate surface area is 125 Å². The standard InChI is InChI=1S/C14H18N2O2S2/c1-10-11(2)14(20(17)16-7-8-18-3)19-13(10)12-5-4-6-15-9-12/h4-6,9,16H,7-8H2,1-3H3. The van der Waals surface area contributed by atoms with Crippen molar-refractivity contribution in [2.45, 2.75) is 18.1 Å². The molecule has 0 bridgehead atoms. The first-order valence-corrected chi connectivity index (χ1v) is 8.26. The predicted octanol–water partition coefficient (Wildman–Crippen LogP) is 2.69. The highest BCUT2D eigenvalue weighted by molar-refractivity contribution is 7.85. The number of methoxy groups -OCH3 is 1. The van der Waals surface area contributed by atoms with E-state index >= 15 is 0 Å². The number of rotatable bonds is 6. The van der Waals surface area contributed by atoms with Crippen LogP contribution in [-0.4, -0.2) is 29.5 Å². The molecule has 0 spiro atoms. The van der Waals surface area contributed by atoms with E-state index in [9.17, 15) is 4.21 Å². The number of thiophene rings is 1. The number of pyridine rings is 1. The molecule has 2 aromatic heterocycles. The van der Waals surface area contributed by atoms with Crippen molar-refractivity contribution in [3.05, 3.63) is 35.7 Å². The first-order valence-electron chi connectivity index (χ1n) is 6.29. The molecule has 0 amide bonds. The van der Waals surface area contributed by atoms with E-state index in [2.05, 4.69) is 16.6 Å². The fourth-order valence-corrected chi connectivity index (χ4v) is 4.42. The fraction of sp³-hybridized carbons (Fsp3) is 0.357. The van der Waals surface area contributed by atoms with Gasteiger partial charge in [-0.05, 0) is 31.0 Å². The largest absolute Gasteiger partial charge is 0.383 e. The van der Waals surface area contributed by atoms with Crippen LogP contribution in [-0.2, 0) is 15.7 Å². The molecule has 1 N–H and O–H groups in total. The van der Waals surface area contributed by atoms with Gasteiger partial charge < -0.3 is 4.74 Å². The van der Waals surface area contributed by atoms with Gasteiger partial charge in [0.05, 0.1) is 6.61 Å². The highest BCUT2D eigenvalue weighted by Gasteiger charge is 2.17. The Morgan fingerprint density at radius 1 is 1.40 bits per heavy atom. The summed E-state index contributed by atoms with van der Waals surface area (Å²) in [5.74, 6) is 0. The maximum atomic E-state index is 12.3. The van der Waals surface area contributed by atoms with Crippen LogP contribution in [0, 0.1) is 13.8 Å². The molecule has 4 nitrogen and oxygen atoms in total. The molecule has 0 saturated carbocycles. The van der Waals surface area contributed by atoms with Crippen molar-refractivity contribution in [3.63, 3.8) is 0 Å². The second-order valence-electron chi connectivity index (χ2n) is 4.37. The Bertz CT molecular complexity index is 597. The van der Waals surface area contributed by atoms with E-state index in [0.717, 1.165) is 20.2 Å². The Kier molecular flexibility index (Phi) is 5.42. The van der Waals surface area contributed by atoms with Crippen LogP contribution in [0.25, 0.3) is 10.4 Å². The van der Waals surface area contributed by atoms with Gasteiger partial charge in [0, 0.05) is 36.5 Å². The molecule has 1 unspecified atom stereocenters. The lowest BCUT2D eigenvalue weighted by Crippen LogP contribution is -2.21. The minimum Gasteiger partial charge on any atom is -0.383 e. The van der Waals surface area contributed by atoms with Crippen molar-refractivity contribution in [1.82, 2.24) is 9.71 Å². The number of ether oxygens (including phenoxy) is 1. The minimum absolute atomic E-state index is 0.546. The second-order valence-corrected chi connectivity index (χ2v) is 6.88. The van der Waals surface area contributed by atoms with Crippen molar-refractivity contribution in [2.24, 2.45) is 0 Å². The van der Waals surface area contributed by atoms with Crippen molar-refractivity contribution >= 4 is 22.3 Å². The Balaban J connectivity index is 2.26. The first kappa shape index (κ1) is 15.3. The number of nitrogens with zero attached hydrogens (tertiary/aromatic N) is 1. The van der Waals surface area contributed by atoms with E-state index in [1.54, 1.807) is 24.6 Å². The number of hydrogen-bond donors (Lipinski definition) is 1. The third kappa shape index (κ3) is 3.32. The van der Waals surface area contributed by atoms with E-state index < -0.39 is 11.0 Å². The summed E-state index contributed by atoms with van der Waals surface area (Å²) in [6.07, 6.45) is 3.59. The summed E-state index contributed by atoms with van der Waals surface area (Å²) in [6.45, 7) is 5.19. The normalized spacial score (nSPS) is 12.6.